The van der Waals surface area contributed by atoms with E-state index in [1.165, 1.54) is 16.7 Å². The van der Waals surface area contributed by atoms with Gasteiger partial charge in [-0.3, -0.25) is 4.79 Å². The molecule has 1 amide bonds. The lowest BCUT2D eigenvalue weighted by Crippen LogP contribution is -2.35. The summed E-state index contributed by atoms with van der Waals surface area (Å²) in [7, 11) is 0. The molecular formula is C15H22BrNO. The fourth-order valence-electron chi connectivity index (χ4n) is 1.90. The summed E-state index contributed by atoms with van der Waals surface area (Å²) < 4.78 is 0. The minimum Gasteiger partial charge on any atom is -0.349 e. The van der Waals surface area contributed by atoms with Gasteiger partial charge in [0.15, 0.2) is 0 Å². The molecule has 0 heterocycles. The van der Waals surface area contributed by atoms with Gasteiger partial charge in [0, 0.05) is 0 Å². The molecule has 0 saturated heterocycles. The number of hydrogen-bond donors (Lipinski definition) is 1. The van der Waals surface area contributed by atoms with Crippen LogP contribution in [0.1, 0.15) is 43.5 Å². The van der Waals surface area contributed by atoms with Crippen LogP contribution in [-0.2, 0) is 4.79 Å². The largest absolute Gasteiger partial charge is 0.349 e. The van der Waals surface area contributed by atoms with Crippen LogP contribution in [0.15, 0.2) is 18.2 Å². The first-order chi connectivity index (χ1) is 8.32. The minimum atomic E-state index is -0.134. The fourth-order valence-corrected chi connectivity index (χ4v) is 2.03. The number of carbonyl (C=O) groups excluding carboxylic acids is 1. The van der Waals surface area contributed by atoms with Gasteiger partial charge in [-0.25, -0.2) is 0 Å². The van der Waals surface area contributed by atoms with E-state index in [2.05, 4.69) is 53.3 Å². The van der Waals surface area contributed by atoms with E-state index >= 15 is 0 Å². The molecule has 18 heavy (non-hydrogen) atoms. The molecule has 2 atom stereocenters. The maximum Gasteiger partial charge on any atom is 0.234 e. The van der Waals surface area contributed by atoms with Crippen molar-refractivity contribution in [3.8, 4) is 0 Å². The lowest BCUT2D eigenvalue weighted by molar-refractivity contribution is -0.121. The van der Waals surface area contributed by atoms with Crippen LogP contribution in [0, 0.1) is 19.8 Å². The van der Waals surface area contributed by atoms with Crippen LogP contribution in [-0.4, -0.2) is 10.7 Å². The molecule has 0 saturated carbocycles. The standard InChI is InChI=1S/C15H22BrNO/c1-9(2)14(16)15(18)17-12(5)13-8-10(3)6-7-11(13)4/h6-9,12,14H,1-5H3,(H,17,18). The first-order valence-corrected chi connectivity index (χ1v) is 7.26. The van der Waals surface area contributed by atoms with Crippen molar-refractivity contribution in [2.75, 3.05) is 0 Å². The zero-order chi connectivity index (χ0) is 13.9. The summed E-state index contributed by atoms with van der Waals surface area (Å²) in [6, 6.07) is 6.37. The number of alkyl halides is 1. The molecule has 0 bridgehead atoms. The lowest BCUT2D eigenvalue weighted by Gasteiger charge is -2.20. The third-order valence-electron chi connectivity index (χ3n) is 3.10. The Kier molecular flexibility index (Phi) is 5.39. The Balaban J connectivity index is 2.79. The van der Waals surface area contributed by atoms with Gasteiger partial charge in [0.1, 0.15) is 0 Å². The molecular weight excluding hydrogens is 290 g/mol. The van der Waals surface area contributed by atoms with Crippen LogP contribution in [0.2, 0.25) is 0 Å². The Bertz CT molecular complexity index is 429. The van der Waals surface area contributed by atoms with Crippen LogP contribution in [0.5, 0.6) is 0 Å². The summed E-state index contributed by atoms with van der Waals surface area (Å²) in [5.41, 5.74) is 3.62. The van der Waals surface area contributed by atoms with Gasteiger partial charge in [0.25, 0.3) is 0 Å². The highest BCUT2D eigenvalue weighted by molar-refractivity contribution is 9.10. The minimum absolute atomic E-state index is 0.0381. The Hall–Kier alpha value is -0.830. The molecule has 3 heteroatoms. The summed E-state index contributed by atoms with van der Waals surface area (Å²) in [5, 5.41) is 3.06. The molecule has 0 aromatic heterocycles. The van der Waals surface area contributed by atoms with Crippen molar-refractivity contribution in [1.29, 1.82) is 0 Å². The number of nitrogens with one attached hydrogen (secondary N) is 1. The van der Waals surface area contributed by atoms with E-state index in [0.29, 0.717) is 0 Å². The first kappa shape index (κ1) is 15.2. The van der Waals surface area contributed by atoms with E-state index in [1.807, 2.05) is 20.8 Å². The normalized spacial score (nSPS) is 14.4. The quantitative estimate of drug-likeness (QED) is 0.839. The predicted molar refractivity (Wildman–Crippen MR) is 80.0 cm³/mol. The lowest BCUT2D eigenvalue weighted by atomic mass is 9.99. The molecule has 2 unspecified atom stereocenters. The van der Waals surface area contributed by atoms with E-state index in [0.717, 1.165) is 0 Å². The zero-order valence-corrected chi connectivity index (χ0v) is 13.3. The Morgan fingerprint density at radius 3 is 2.39 bits per heavy atom. The second kappa shape index (κ2) is 6.37. The van der Waals surface area contributed by atoms with Gasteiger partial charge in [0.2, 0.25) is 5.91 Å². The molecule has 0 fully saturated rings. The molecule has 1 N–H and O–H groups in total. The Morgan fingerprint density at radius 2 is 1.83 bits per heavy atom. The fraction of sp³-hybridized carbons (Fsp3) is 0.533. The highest BCUT2D eigenvalue weighted by Gasteiger charge is 2.21. The van der Waals surface area contributed by atoms with Crippen LogP contribution in [0.4, 0.5) is 0 Å². The van der Waals surface area contributed by atoms with Crippen LogP contribution in [0.3, 0.4) is 0 Å². The van der Waals surface area contributed by atoms with E-state index in [9.17, 15) is 4.79 Å². The summed E-state index contributed by atoms with van der Waals surface area (Å²) >= 11 is 3.43. The highest BCUT2D eigenvalue weighted by Crippen LogP contribution is 2.20. The van der Waals surface area contributed by atoms with Crippen molar-refractivity contribution < 1.29 is 4.79 Å². The predicted octanol–water partition coefficient (Wildman–Crippen LogP) is 3.90. The second-order valence-electron chi connectivity index (χ2n) is 5.24. The topological polar surface area (TPSA) is 29.1 Å². The van der Waals surface area contributed by atoms with Gasteiger partial charge < -0.3 is 5.32 Å². The van der Waals surface area contributed by atoms with Crippen molar-refractivity contribution in [1.82, 2.24) is 5.32 Å². The summed E-state index contributed by atoms with van der Waals surface area (Å²) in [6.07, 6.45) is 0. The first-order valence-electron chi connectivity index (χ1n) is 6.34. The maximum absolute atomic E-state index is 12.0. The van der Waals surface area contributed by atoms with E-state index in [-0.39, 0.29) is 22.7 Å². The number of carbonyl (C=O) groups is 1. The van der Waals surface area contributed by atoms with Crippen molar-refractivity contribution in [3.05, 3.63) is 34.9 Å². The van der Waals surface area contributed by atoms with E-state index < -0.39 is 0 Å². The molecule has 0 aliphatic rings. The van der Waals surface area contributed by atoms with Crippen molar-refractivity contribution in [2.45, 2.75) is 45.5 Å². The molecule has 0 aliphatic carbocycles. The van der Waals surface area contributed by atoms with Gasteiger partial charge in [-0.15, -0.1) is 0 Å². The van der Waals surface area contributed by atoms with Crippen LogP contribution < -0.4 is 5.32 Å². The van der Waals surface area contributed by atoms with E-state index in [4.69, 9.17) is 0 Å². The number of amides is 1. The number of halogens is 1. The molecule has 100 valence electrons. The zero-order valence-electron chi connectivity index (χ0n) is 11.8. The number of rotatable bonds is 4. The van der Waals surface area contributed by atoms with Crippen LogP contribution >= 0.6 is 15.9 Å². The number of benzene rings is 1. The highest BCUT2D eigenvalue weighted by atomic mass is 79.9. The Labute approximate surface area is 118 Å². The number of hydrogen-bond acceptors (Lipinski definition) is 1. The van der Waals surface area contributed by atoms with Gasteiger partial charge in [-0.2, -0.15) is 0 Å². The number of aryl methyl sites for hydroxylation is 2. The smallest absolute Gasteiger partial charge is 0.234 e. The maximum atomic E-state index is 12.0. The summed E-state index contributed by atoms with van der Waals surface area (Å²) in [5.74, 6) is 0.342. The third-order valence-corrected chi connectivity index (χ3v) is 4.57. The van der Waals surface area contributed by atoms with Gasteiger partial charge in [-0.05, 0) is 37.8 Å². The third kappa shape index (κ3) is 3.84. The SMILES string of the molecule is Cc1ccc(C)c(C(C)NC(=O)C(Br)C(C)C)c1. The van der Waals surface area contributed by atoms with Crippen molar-refractivity contribution in [3.63, 3.8) is 0 Å². The summed E-state index contributed by atoms with van der Waals surface area (Å²) in [6.45, 7) is 10.2. The molecule has 1 aromatic carbocycles. The van der Waals surface area contributed by atoms with Crippen LogP contribution in [0.25, 0.3) is 0 Å². The summed E-state index contributed by atoms with van der Waals surface area (Å²) in [4.78, 5) is 11.9. The molecule has 2 nitrogen and oxygen atoms in total. The van der Waals surface area contributed by atoms with Gasteiger partial charge in [-0.1, -0.05) is 53.5 Å². The molecule has 0 aliphatic heterocycles. The molecule has 1 aromatic rings. The van der Waals surface area contributed by atoms with Crippen molar-refractivity contribution in [2.24, 2.45) is 5.92 Å². The van der Waals surface area contributed by atoms with Crippen molar-refractivity contribution >= 4 is 21.8 Å². The average Bonchev–Trinajstić information content (AvgIpc) is 2.30. The second-order valence-corrected chi connectivity index (χ2v) is 6.22. The molecule has 0 spiro atoms. The molecule has 0 radical (unpaired) electrons. The van der Waals surface area contributed by atoms with Gasteiger partial charge >= 0.3 is 0 Å². The van der Waals surface area contributed by atoms with E-state index in [1.54, 1.807) is 0 Å². The van der Waals surface area contributed by atoms with Gasteiger partial charge in [0.05, 0.1) is 10.9 Å². The monoisotopic (exact) mass is 311 g/mol. The Morgan fingerprint density at radius 1 is 1.22 bits per heavy atom. The molecule has 1 rings (SSSR count). The average molecular weight is 312 g/mol.